The first-order valence-electron chi connectivity index (χ1n) is 6.19. The van der Waals surface area contributed by atoms with E-state index in [-0.39, 0.29) is 29.9 Å². The number of amides is 1. The van der Waals surface area contributed by atoms with Crippen molar-refractivity contribution in [2.45, 2.75) is 19.4 Å². The van der Waals surface area contributed by atoms with Gasteiger partial charge in [-0.25, -0.2) is 13.4 Å². The summed E-state index contributed by atoms with van der Waals surface area (Å²) in [7, 11) is -3.05. The van der Waals surface area contributed by atoms with Crippen LogP contribution in [0.15, 0.2) is 12.3 Å². The summed E-state index contributed by atoms with van der Waals surface area (Å²) in [6.45, 7) is 2.30. The van der Waals surface area contributed by atoms with Gasteiger partial charge >= 0.3 is 0 Å². The molecule has 19 heavy (non-hydrogen) atoms. The van der Waals surface area contributed by atoms with Crippen LogP contribution in [-0.4, -0.2) is 43.4 Å². The Morgan fingerprint density at radius 3 is 3.05 bits per heavy atom. The Morgan fingerprint density at radius 2 is 2.26 bits per heavy atom. The molecule has 1 aromatic heterocycles. The predicted octanol–water partition coefficient (Wildman–Crippen LogP) is 0.336. The average Bonchev–Trinajstić information content (AvgIpc) is 2.44. The number of aryl methyl sites for hydroxylation is 1. The normalized spacial score (nSPS) is 25.0. The Hall–Kier alpha value is -1.63. The number of carbonyl (C=O) groups is 1. The molecule has 3 rings (SSSR count). The molecule has 0 radical (unpaired) electrons. The zero-order chi connectivity index (χ0) is 13.6. The fourth-order valence-corrected chi connectivity index (χ4v) is 4.18. The topological polar surface area (TPSA) is 79.4 Å². The number of nitrogens with one attached hydrogen (secondary N) is 1. The van der Waals surface area contributed by atoms with Crippen LogP contribution in [0.25, 0.3) is 0 Å². The van der Waals surface area contributed by atoms with Crippen molar-refractivity contribution in [3.8, 4) is 0 Å². The molecule has 7 heteroatoms. The van der Waals surface area contributed by atoms with Crippen molar-refractivity contribution >= 4 is 27.2 Å². The molecule has 0 aromatic carbocycles. The maximum absolute atomic E-state index is 11.9. The molecular weight excluding hydrogens is 266 g/mol. The SMILES string of the molecule is Cc1ccnc2c1NC(=O)CC1CS(=O)(=O)CCN21. The van der Waals surface area contributed by atoms with E-state index in [1.807, 2.05) is 17.9 Å². The summed E-state index contributed by atoms with van der Waals surface area (Å²) in [6, 6.07) is 1.52. The number of hydrogen-bond acceptors (Lipinski definition) is 5. The zero-order valence-electron chi connectivity index (χ0n) is 10.6. The highest BCUT2D eigenvalue weighted by Crippen LogP contribution is 2.33. The highest BCUT2D eigenvalue weighted by atomic mass is 32.2. The standard InChI is InChI=1S/C12H15N3O3S/c1-8-2-3-13-12-11(8)14-10(16)6-9-7-19(17,18)5-4-15(9)12/h2-3,9H,4-7H2,1H3,(H,14,16). The van der Waals surface area contributed by atoms with E-state index in [1.165, 1.54) is 0 Å². The van der Waals surface area contributed by atoms with Crippen LogP contribution >= 0.6 is 0 Å². The van der Waals surface area contributed by atoms with Crippen LogP contribution in [0, 0.1) is 6.92 Å². The molecule has 102 valence electrons. The number of pyridine rings is 1. The quantitative estimate of drug-likeness (QED) is 0.741. The first-order chi connectivity index (χ1) is 8.96. The van der Waals surface area contributed by atoms with Gasteiger partial charge in [0.2, 0.25) is 5.91 Å². The fraction of sp³-hybridized carbons (Fsp3) is 0.500. The molecule has 1 unspecified atom stereocenters. The van der Waals surface area contributed by atoms with Crippen LogP contribution in [0.4, 0.5) is 11.5 Å². The Kier molecular flexibility index (Phi) is 2.74. The van der Waals surface area contributed by atoms with Crippen molar-refractivity contribution in [1.29, 1.82) is 0 Å². The maximum atomic E-state index is 11.9. The van der Waals surface area contributed by atoms with Gasteiger partial charge in [0.1, 0.15) is 0 Å². The average molecular weight is 281 g/mol. The number of carbonyl (C=O) groups excluding carboxylic acids is 1. The first-order valence-corrected chi connectivity index (χ1v) is 8.01. The van der Waals surface area contributed by atoms with Gasteiger partial charge < -0.3 is 10.2 Å². The summed E-state index contributed by atoms with van der Waals surface area (Å²) in [5, 5.41) is 2.84. The van der Waals surface area contributed by atoms with Crippen molar-refractivity contribution < 1.29 is 13.2 Å². The lowest BCUT2D eigenvalue weighted by Crippen LogP contribution is -2.49. The molecule has 1 saturated heterocycles. The second-order valence-corrected chi connectivity index (χ2v) is 7.27. The molecule has 3 heterocycles. The van der Waals surface area contributed by atoms with E-state index in [9.17, 15) is 13.2 Å². The van der Waals surface area contributed by atoms with Gasteiger partial charge in [0, 0.05) is 19.2 Å². The van der Waals surface area contributed by atoms with E-state index in [2.05, 4.69) is 10.3 Å². The number of rotatable bonds is 0. The van der Waals surface area contributed by atoms with Crippen molar-refractivity contribution in [1.82, 2.24) is 4.98 Å². The number of fused-ring (bicyclic) bond motifs is 3. The van der Waals surface area contributed by atoms with E-state index in [1.54, 1.807) is 6.20 Å². The third-order valence-electron chi connectivity index (χ3n) is 3.63. The van der Waals surface area contributed by atoms with E-state index >= 15 is 0 Å². The van der Waals surface area contributed by atoms with Crippen LogP contribution in [0.3, 0.4) is 0 Å². The molecule has 1 atom stereocenters. The smallest absolute Gasteiger partial charge is 0.226 e. The van der Waals surface area contributed by atoms with Crippen LogP contribution < -0.4 is 10.2 Å². The Balaban J connectivity index is 2.09. The van der Waals surface area contributed by atoms with E-state index < -0.39 is 9.84 Å². The van der Waals surface area contributed by atoms with Crippen LogP contribution in [0.2, 0.25) is 0 Å². The molecule has 0 saturated carbocycles. The Bertz CT molecular complexity index is 642. The van der Waals surface area contributed by atoms with Crippen molar-refractivity contribution in [2.24, 2.45) is 0 Å². The monoisotopic (exact) mass is 281 g/mol. The van der Waals surface area contributed by atoms with Gasteiger partial charge in [0.05, 0.1) is 23.2 Å². The highest BCUT2D eigenvalue weighted by molar-refractivity contribution is 7.91. The summed E-state index contributed by atoms with van der Waals surface area (Å²) in [6.07, 6.45) is 1.88. The molecule has 1 aromatic rings. The summed E-state index contributed by atoms with van der Waals surface area (Å²) in [4.78, 5) is 18.2. The van der Waals surface area contributed by atoms with Gasteiger partial charge in [0.15, 0.2) is 15.7 Å². The third-order valence-corrected chi connectivity index (χ3v) is 5.32. The number of nitrogens with zero attached hydrogens (tertiary/aromatic N) is 2. The van der Waals surface area contributed by atoms with Crippen molar-refractivity contribution in [3.05, 3.63) is 17.8 Å². The zero-order valence-corrected chi connectivity index (χ0v) is 11.4. The minimum absolute atomic E-state index is 0.0233. The molecule has 0 spiro atoms. The number of hydrogen-bond donors (Lipinski definition) is 1. The van der Waals surface area contributed by atoms with Crippen LogP contribution in [0.5, 0.6) is 0 Å². The third kappa shape index (κ3) is 2.18. The minimum Gasteiger partial charge on any atom is -0.349 e. The Labute approximate surface area is 111 Å². The number of aromatic nitrogens is 1. The second kappa shape index (κ2) is 4.19. The van der Waals surface area contributed by atoms with Crippen molar-refractivity contribution in [2.75, 3.05) is 28.3 Å². The van der Waals surface area contributed by atoms with Gasteiger partial charge in [0.25, 0.3) is 0 Å². The summed E-state index contributed by atoms with van der Waals surface area (Å²) >= 11 is 0. The van der Waals surface area contributed by atoms with E-state index in [0.29, 0.717) is 18.1 Å². The number of sulfone groups is 1. The summed E-state index contributed by atoms with van der Waals surface area (Å²) in [5.74, 6) is 0.676. The lowest BCUT2D eigenvalue weighted by Gasteiger charge is -2.34. The molecule has 1 N–H and O–H groups in total. The van der Waals surface area contributed by atoms with Crippen LogP contribution in [0.1, 0.15) is 12.0 Å². The predicted molar refractivity (Wildman–Crippen MR) is 72.0 cm³/mol. The molecule has 6 nitrogen and oxygen atoms in total. The fourth-order valence-electron chi connectivity index (χ4n) is 2.66. The molecule has 0 bridgehead atoms. The molecule has 2 aliphatic heterocycles. The highest BCUT2D eigenvalue weighted by Gasteiger charge is 2.36. The lowest BCUT2D eigenvalue weighted by atomic mass is 10.2. The molecule has 1 fully saturated rings. The summed E-state index contributed by atoms with van der Waals surface area (Å²) in [5.41, 5.74) is 1.64. The summed E-state index contributed by atoms with van der Waals surface area (Å²) < 4.78 is 23.4. The maximum Gasteiger partial charge on any atom is 0.226 e. The molecular formula is C12H15N3O3S. The second-order valence-electron chi connectivity index (χ2n) is 5.04. The lowest BCUT2D eigenvalue weighted by molar-refractivity contribution is -0.116. The number of anilines is 2. The van der Waals surface area contributed by atoms with Gasteiger partial charge in [-0.2, -0.15) is 0 Å². The largest absolute Gasteiger partial charge is 0.349 e. The van der Waals surface area contributed by atoms with E-state index in [4.69, 9.17) is 0 Å². The first kappa shape index (κ1) is 12.4. The van der Waals surface area contributed by atoms with Crippen molar-refractivity contribution in [3.63, 3.8) is 0 Å². The van der Waals surface area contributed by atoms with Gasteiger partial charge in [-0.1, -0.05) is 0 Å². The van der Waals surface area contributed by atoms with Gasteiger partial charge in [-0.05, 0) is 18.6 Å². The Morgan fingerprint density at radius 1 is 1.47 bits per heavy atom. The van der Waals surface area contributed by atoms with Gasteiger partial charge in [-0.15, -0.1) is 0 Å². The molecule has 0 aliphatic carbocycles. The van der Waals surface area contributed by atoms with Gasteiger partial charge in [-0.3, -0.25) is 4.79 Å². The molecule has 2 aliphatic rings. The van der Waals surface area contributed by atoms with Crippen LogP contribution in [-0.2, 0) is 14.6 Å². The van der Waals surface area contributed by atoms with E-state index in [0.717, 1.165) is 5.56 Å². The molecule has 1 amide bonds. The minimum atomic E-state index is -3.05.